The Bertz CT molecular complexity index is 447. The van der Waals surface area contributed by atoms with Crippen molar-refractivity contribution in [2.45, 2.75) is 26.4 Å². The summed E-state index contributed by atoms with van der Waals surface area (Å²) in [6.45, 7) is 6.98. The average molecular weight is 267 g/mol. The predicted molar refractivity (Wildman–Crippen MR) is 74.2 cm³/mol. The van der Waals surface area contributed by atoms with Crippen LogP contribution in [-0.4, -0.2) is 36.8 Å². The fourth-order valence-electron chi connectivity index (χ4n) is 1.63. The van der Waals surface area contributed by atoms with Crippen LogP contribution in [0.4, 0.5) is 11.5 Å². The third kappa shape index (κ3) is 4.40. The lowest BCUT2D eigenvalue weighted by Gasteiger charge is -2.25. The van der Waals surface area contributed by atoms with Crippen molar-refractivity contribution in [3.8, 4) is 0 Å². The maximum absolute atomic E-state index is 11.6. The molecule has 1 heterocycles. The highest BCUT2D eigenvalue weighted by molar-refractivity contribution is 5.95. The summed E-state index contributed by atoms with van der Waals surface area (Å²) in [6.07, 6.45) is 1.49. The second kappa shape index (κ2) is 6.38. The van der Waals surface area contributed by atoms with Crippen molar-refractivity contribution in [1.29, 1.82) is 0 Å². The van der Waals surface area contributed by atoms with Crippen LogP contribution in [0, 0.1) is 0 Å². The molecule has 19 heavy (non-hydrogen) atoms. The molecule has 0 aliphatic rings. The van der Waals surface area contributed by atoms with E-state index >= 15 is 0 Å². The molecule has 0 amide bonds. The number of anilines is 2. The standard InChI is InChI=1S/C13H21N3O3/c1-5-19-13(2,3)8-16-11-10(12(17)18-4)6-9(14)7-15-11/h6-7H,5,8,14H2,1-4H3,(H,15,16). The monoisotopic (exact) mass is 267 g/mol. The van der Waals surface area contributed by atoms with E-state index in [0.29, 0.717) is 30.2 Å². The largest absolute Gasteiger partial charge is 0.465 e. The molecule has 0 aromatic carbocycles. The van der Waals surface area contributed by atoms with Crippen molar-refractivity contribution in [1.82, 2.24) is 4.98 Å². The first-order valence-corrected chi connectivity index (χ1v) is 6.11. The van der Waals surface area contributed by atoms with Crippen molar-refractivity contribution in [3.05, 3.63) is 17.8 Å². The Morgan fingerprint density at radius 3 is 2.79 bits per heavy atom. The van der Waals surface area contributed by atoms with Crippen molar-refractivity contribution in [2.75, 3.05) is 31.3 Å². The Labute approximate surface area is 113 Å². The number of nitrogens with one attached hydrogen (secondary N) is 1. The number of nitrogen functional groups attached to an aromatic ring is 1. The van der Waals surface area contributed by atoms with Gasteiger partial charge in [-0.1, -0.05) is 0 Å². The molecule has 0 spiro atoms. The number of aromatic nitrogens is 1. The lowest BCUT2D eigenvalue weighted by atomic mass is 10.1. The molecule has 0 unspecified atom stereocenters. The van der Waals surface area contributed by atoms with Gasteiger partial charge in [-0.3, -0.25) is 0 Å². The minimum absolute atomic E-state index is 0.315. The van der Waals surface area contributed by atoms with Crippen LogP contribution in [0.25, 0.3) is 0 Å². The third-order valence-electron chi connectivity index (χ3n) is 2.53. The molecule has 0 radical (unpaired) electrons. The molecule has 0 aliphatic heterocycles. The van der Waals surface area contributed by atoms with Gasteiger partial charge in [0.05, 0.1) is 24.6 Å². The van der Waals surface area contributed by atoms with Gasteiger partial charge in [-0.05, 0) is 26.8 Å². The summed E-state index contributed by atoms with van der Waals surface area (Å²) < 4.78 is 10.3. The molecule has 0 fully saturated rings. The molecular formula is C13H21N3O3. The summed E-state index contributed by atoms with van der Waals surface area (Å²) >= 11 is 0. The first-order chi connectivity index (χ1) is 8.89. The maximum Gasteiger partial charge on any atom is 0.341 e. The van der Waals surface area contributed by atoms with Crippen molar-refractivity contribution in [3.63, 3.8) is 0 Å². The van der Waals surface area contributed by atoms with Gasteiger partial charge in [0.25, 0.3) is 0 Å². The first kappa shape index (κ1) is 15.2. The Balaban J connectivity index is 2.86. The van der Waals surface area contributed by atoms with Crippen LogP contribution >= 0.6 is 0 Å². The van der Waals surface area contributed by atoms with E-state index in [2.05, 4.69) is 10.3 Å². The molecule has 0 bridgehead atoms. The van der Waals surface area contributed by atoms with Gasteiger partial charge in [0.15, 0.2) is 0 Å². The van der Waals surface area contributed by atoms with Gasteiger partial charge in [0.2, 0.25) is 0 Å². The molecule has 0 aliphatic carbocycles. The van der Waals surface area contributed by atoms with Crippen LogP contribution in [0.3, 0.4) is 0 Å². The topological polar surface area (TPSA) is 86.5 Å². The van der Waals surface area contributed by atoms with E-state index in [9.17, 15) is 4.79 Å². The number of hydrogen-bond acceptors (Lipinski definition) is 6. The first-order valence-electron chi connectivity index (χ1n) is 6.11. The minimum Gasteiger partial charge on any atom is -0.465 e. The summed E-state index contributed by atoms with van der Waals surface area (Å²) in [5.41, 5.74) is 6.00. The zero-order valence-corrected chi connectivity index (χ0v) is 11.8. The number of hydrogen-bond donors (Lipinski definition) is 2. The Kier molecular flexibility index (Phi) is 5.11. The predicted octanol–water partition coefficient (Wildman–Crippen LogP) is 1.68. The van der Waals surface area contributed by atoms with E-state index < -0.39 is 5.97 Å². The highest BCUT2D eigenvalue weighted by atomic mass is 16.5. The molecule has 0 atom stereocenters. The second-order valence-corrected chi connectivity index (χ2v) is 4.70. The van der Waals surface area contributed by atoms with Gasteiger partial charge in [-0.15, -0.1) is 0 Å². The summed E-state index contributed by atoms with van der Waals surface area (Å²) in [6, 6.07) is 1.54. The Morgan fingerprint density at radius 2 is 2.21 bits per heavy atom. The van der Waals surface area contributed by atoms with Gasteiger partial charge in [0, 0.05) is 13.2 Å². The van der Waals surface area contributed by atoms with Crippen LogP contribution in [0.5, 0.6) is 0 Å². The number of nitrogens with two attached hydrogens (primary N) is 1. The number of methoxy groups -OCH3 is 1. The second-order valence-electron chi connectivity index (χ2n) is 4.70. The van der Waals surface area contributed by atoms with Gasteiger partial charge in [-0.2, -0.15) is 0 Å². The number of rotatable bonds is 6. The highest BCUT2D eigenvalue weighted by Gasteiger charge is 2.20. The van der Waals surface area contributed by atoms with E-state index in [0.717, 1.165) is 0 Å². The van der Waals surface area contributed by atoms with Crippen LogP contribution in [0.1, 0.15) is 31.1 Å². The van der Waals surface area contributed by atoms with Crippen molar-refractivity contribution < 1.29 is 14.3 Å². The molecule has 106 valence electrons. The van der Waals surface area contributed by atoms with Gasteiger partial charge >= 0.3 is 5.97 Å². The lowest BCUT2D eigenvalue weighted by molar-refractivity contribution is 0.000598. The quantitative estimate of drug-likeness (QED) is 0.763. The summed E-state index contributed by atoms with van der Waals surface area (Å²) in [4.78, 5) is 15.8. The zero-order valence-electron chi connectivity index (χ0n) is 11.8. The summed E-state index contributed by atoms with van der Waals surface area (Å²) in [5.74, 6) is -0.0367. The summed E-state index contributed by atoms with van der Waals surface area (Å²) in [7, 11) is 1.32. The van der Waals surface area contributed by atoms with Crippen molar-refractivity contribution >= 4 is 17.5 Å². The number of pyridine rings is 1. The molecule has 0 saturated heterocycles. The normalized spacial score (nSPS) is 11.2. The van der Waals surface area contributed by atoms with Gasteiger partial charge in [0.1, 0.15) is 11.4 Å². The minimum atomic E-state index is -0.475. The average Bonchev–Trinajstić information content (AvgIpc) is 2.36. The van der Waals surface area contributed by atoms with E-state index in [-0.39, 0.29) is 5.60 Å². The number of ether oxygens (including phenoxy) is 2. The highest BCUT2D eigenvalue weighted by Crippen LogP contribution is 2.18. The number of esters is 1. The molecule has 6 nitrogen and oxygen atoms in total. The molecule has 1 aromatic heterocycles. The number of carbonyl (C=O) groups is 1. The van der Waals surface area contributed by atoms with E-state index in [1.54, 1.807) is 0 Å². The smallest absolute Gasteiger partial charge is 0.341 e. The Morgan fingerprint density at radius 1 is 1.53 bits per heavy atom. The molecule has 1 aromatic rings. The molecule has 0 saturated carbocycles. The van der Waals surface area contributed by atoms with Gasteiger partial charge in [-0.25, -0.2) is 9.78 Å². The lowest BCUT2D eigenvalue weighted by Crippen LogP contribution is -2.34. The van der Waals surface area contributed by atoms with Gasteiger partial charge < -0.3 is 20.5 Å². The van der Waals surface area contributed by atoms with E-state index in [1.807, 2.05) is 20.8 Å². The fourth-order valence-corrected chi connectivity index (χ4v) is 1.63. The molecule has 3 N–H and O–H groups in total. The van der Waals surface area contributed by atoms with Crippen LogP contribution in [0.2, 0.25) is 0 Å². The van der Waals surface area contributed by atoms with Crippen LogP contribution < -0.4 is 11.1 Å². The van der Waals surface area contributed by atoms with E-state index in [1.165, 1.54) is 19.4 Å². The molecule has 1 rings (SSSR count). The third-order valence-corrected chi connectivity index (χ3v) is 2.53. The van der Waals surface area contributed by atoms with Crippen LogP contribution in [-0.2, 0) is 9.47 Å². The van der Waals surface area contributed by atoms with Crippen molar-refractivity contribution in [2.24, 2.45) is 0 Å². The zero-order chi connectivity index (χ0) is 14.5. The molecular weight excluding hydrogens is 246 g/mol. The number of nitrogens with zero attached hydrogens (tertiary/aromatic N) is 1. The van der Waals surface area contributed by atoms with Crippen LogP contribution in [0.15, 0.2) is 12.3 Å². The van der Waals surface area contributed by atoms with E-state index in [4.69, 9.17) is 15.2 Å². The number of carbonyl (C=O) groups excluding carboxylic acids is 1. The summed E-state index contributed by atoms with van der Waals surface area (Å²) in [5, 5.41) is 3.09. The SMILES string of the molecule is CCOC(C)(C)CNc1ncc(N)cc1C(=O)OC. The maximum atomic E-state index is 11.6. The Hall–Kier alpha value is -1.82. The molecule has 6 heteroatoms. The fraction of sp³-hybridized carbons (Fsp3) is 0.538.